The minimum absolute atomic E-state index is 0.211. The number of rotatable bonds is 6. The van der Waals surface area contributed by atoms with Crippen LogP contribution in [0.4, 0.5) is 0 Å². The lowest BCUT2D eigenvalue weighted by Gasteiger charge is -2.10. The molecule has 132 valence electrons. The van der Waals surface area contributed by atoms with Crippen LogP contribution in [-0.4, -0.2) is 38.1 Å². The summed E-state index contributed by atoms with van der Waals surface area (Å²) in [6, 6.07) is 13.1. The molecule has 0 atom stereocenters. The van der Waals surface area contributed by atoms with Gasteiger partial charge in [-0.1, -0.05) is 23.9 Å². The maximum Gasteiger partial charge on any atom is 0.257 e. The van der Waals surface area contributed by atoms with Gasteiger partial charge in [0, 0.05) is 24.7 Å². The third kappa shape index (κ3) is 4.03. The first-order chi connectivity index (χ1) is 11.9. The molecule has 1 aromatic heterocycles. The van der Waals surface area contributed by atoms with Gasteiger partial charge in [-0.2, -0.15) is 0 Å². The van der Waals surface area contributed by atoms with Gasteiger partial charge in [0.15, 0.2) is 5.58 Å². The summed E-state index contributed by atoms with van der Waals surface area (Å²) in [5.41, 5.74) is 2.31. The molecule has 3 rings (SSSR count). The smallest absolute Gasteiger partial charge is 0.257 e. The van der Waals surface area contributed by atoms with Crippen molar-refractivity contribution in [3.05, 3.63) is 48.0 Å². The summed E-state index contributed by atoms with van der Waals surface area (Å²) in [5, 5.41) is 0.531. The molecule has 0 saturated carbocycles. The van der Waals surface area contributed by atoms with Gasteiger partial charge in [0.05, 0.1) is 4.90 Å². The molecule has 0 amide bonds. The molecular weight excluding hydrogens is 376 g/mol. The summed E-state index contributed by atoms with van der Waals surface area (Å²) in [4.78, 5) is 5.84. The van der Waals surface area contributed by atoms with Gasteiger partial charge in [0.1, 0.15) is 5.52 Å². The highest BCUT2D eigenvalue weighted by atomic mass is 32.2. The summed E-state index contributed by atoms with van der Waals surface area (Å²) in [7, 11) is -0.466. The van der Waals surface area contributed by atoms with Crippen molar-refractivity contribution < 1.29 is 12.8 Å². The van der Waals surface area contributed by atoms with E-state index in [4.69, 9.17) is 4.42 Å². The van der Waals surface area contributed by atoms with Crippen LogP contribution in [0.2, 0.25) is 0 Å². The minimum Gasteiger partial charge on any atom is -0.431 e. The number of fused-ring (bicyclic) bond motifs is 1. The molecule has 1 heterocycles. The van der Waals surface area contributed by atoms with E-state index < -0.39 is 10.0 Å². The monoisotopic (exact) mass is 394 g/mol. The van der Waals surface area contributed by atoms with Crippen LogP contribution < -0.4 is 0 Å². The van der Waals surface area contributed by atoms with Crippen molar-refractivity contribution >= 4 is 44.6 Å². The van der Waals surface area contributed by atoms with Crippen molar-refractivity contribution in [2.45, 2.75) is 20.8 Å². The Morgan fingerprint density at radius 2 is 1.84 bits per heavy atom. The first-order valence-corrected chi connectivity index (χ1v) is 11.1. The van der Waals surface area contributed by atoms with Crippen LogP contribution in [0.1, 0.15) is 5.56 Å². The van der Waals surface area contributed by atoms with Crippen LogP contribution in [0.15, 0.2) is 61.9 Å². The maximum atomic E-state index is 12.2. The first-order valence-electron chi connectivity index (χ1n) is 7.49. The second kappa shape index (κ2) is 7.41. The number of hydrogen-bond acceptors (Lipinski definition) is 6. The SMILES string of the molecule is CSc1ccc(CSc2nc3cc(S(=O)(=O)N(C)C)ccc3o2)cc1. The molecule has 0 unspecified atom stereocenters. The average Bonchev–Trinajstić information content (AvgIpc) is 3.02. The molecule has 25 heavy (non-hydrogen) atoms. The zero-order chi connectivity index (χ0) is 18.0. The molecule has 2 aromatic carbocycles. The average molecular weight is 395 g/mol. The van der Waals surface area contributed by atoms with Gasteiger partial charge in [0.25, 0.3) is 5.22 Å². The van der Waals surface area contributed by atoms with Crippen LogP contribution in [0.25, 0.3) is 11.1 Å². The highest BCUT2D eigenvalue weighted by Gasteiger charge is 2.19. The number of aromatic nitrogens is 1. The fourth-order valence-electron chi connectivity index (χ4n) is 2.19. The standard InChI is InChI=1S/C17H18N2O3S3/c1-19(2)25(20,21)14-8-9-16-15(10-14)18-17(22-16)24-11-12-4-6-13(23-3)7-5-12/h4-10H,11H2,1-3H3. The fourth-order valence-corrected chi connectivity index (χ4v) is 4.31. The van der Waals surface area contributed by atoms with Gasteiger partial charge in [-0.15, -0.1) is 11.8 Å². The van der Waals surface area contributed by atoms with Gasteiger partial charge < -0.3 is 4.42 Å². The minimum atomic E-state index is -3.48. The fraction of sp³-hybridized carbons (Fsp3) is 0.235. The van der Waals surface area contributed by atoms with E-state index in [-0.39, 0.29) is 4.90 Å². The highest BCUT2D eigenvalue weighted by Crippen LogP contribution is 2.28. The van der Waals surface area contributed by atoms with Crippen LogP contribution >= 0.6 is 23.5 Å². The lowest BCUT2D eigenvalue weighted by atomic mass is 10.2. The van der Waals surface area contributed by atoms with Crippen molar-refractivity contribution in [3.63, 3.8) is 0 Å². The van der Waals surface area contributed by atoms with Gasteiger partial charge in [-0.25, -0.2) is 17.7 Å². The topological polar surface area (TPSA) is 63.4 Å². The van der Waals surface area contributed by atoms with Crippen LogP contribution in [0.5, 0.6) is 0 Å². The van der Waals surface area contributed by atoms with Crippen molar-refractivity contribution in [2.24, 2.45) is 0 Å². The summed E-state index contributed by atoms with van der Waals surface area (Å²) in [6.45, 7) is 0. The summed E-state index contributed by atoms with van der Waals surface area (Å²) in [5.74, 6) is 0.740. The molecule has 0 aliphatic carbocycles. The third-order valence-electron chi connectivity index (χ3n) is 3.64. The number of nitrogens with zero attached hydrogens (tertiary/aromatic N) is 2. The van der Waals surface area contributed by atoms with E-state index in [2.05, 4.69) is 29.2 Å². The molecule has 3 aromatic rings. The Bertz CT molecular complexity index is 980. The number of oxazole rings is 1. The largest absolute Gasteiger partial charge is 0.431 e. The van der Waals surface area contributed by atoms with Crippen molar-refractivity contribution in [3.8, 4) is 0 Å². The maximum absolute atomic E-state index is 12.2. The van der Waals surface area contributed by atoms with E-state index in [1.807, 2.05) is 6.26 Å². The van der Waals surface area contributed by atoms with Gasteiger partial charge >= 0.3 is 0 Å². The molecule has 0 radical (unpaired) electrons. The predicted molar refractivity (Wildman–Crippen MR) is 103 cm³/mol. The number of sulfonamides is 1. The molecule has 0 N–H and O–H groups in total. The molecule has 5 nitrogen and oxygen atoms in total. The van der Waals surface area contributed by atoms with Crippen molar-refractivity contribution in [1.82, 2.24) is 9.29 Å². The normalized spacial score (nSPS) is 12.2. The van der Waals surface area contributed by atoms with Gasteiger partial charge in [-0.05, 0) is 42.2 Å². The van der Waals surface area contributed by atoms with Crippen LogP contribution in [-0.2, 0) is 15.8 Å². The van der Waals surface area contributed by atoms with E-state index in [1.165, 1.54) is 40.6 Å². The number of hydrogen-bond donors (Lipinski definition) is 0. The molecule has 0 fully saturated rings. The Hall–Kier alpha value is -1.48. The summed E-state index contributed by atoms with van der Waals surface area (Å²) in [6.07, 6.45) is 2.05. The molecule has 8 heteroatoms. The predicted octanol–water partition coefficient (Wildman–Crippen LogP) is 4.09. The number of thioether (sulfide) groups is 2. The second-order valence-corrected chi connectivity index (χ2v) is 9.49. The van der Waals surface area contributed by atoms with Crippen LogP contribution in [0.3, 0.4) is 0 Å². The molecule has 0 aliphatic rings. The number of benzene rings is 2. The summed E-state index contributed by atoms with van der Waals surface area (Å²) < 4.78 is 31.3. The Balaban J connectivity index is 1.79. The quantitative estimate of drug-likeness (QED) is 0.587. The Kier molecular flexibility index (Phi) is 5.43. The van der Waals surface area contributed by atoms with Crippen LogP contribution in [0, 0.1) is 0 Å². The Morgan fingerprint density at radius 1 is 1.12 bits per heavy atom. The second-order valence-electron chi connectivity index (χ2n) is 5.53. The Morgan fingerprint density at radius 3 is 2.48 bits per heavy atom. The van der Waals surface area contributed by atoms with E-state index in [9.17, 15) is 8.42 Å². The van der Waals surface area contributed by atoms with Crippen molar-refractivity contribution in [2.75, 3.05) is 20.4 Å². The van der Waals surface area contributed by atoms with Gasteiger partial charge in [0.2, 0.25) is 10.0 Å². The lowest BCUT2D eigenvalue weighted by molar-refractivity contribution is 0.489. The molecule has 0 aliphatic heterocycles. The van der Waals surface area contributed by atoms with Crippen molar-refractivity contribution in [1.29, 1.82) is 0 Å². The zero-order valence-corrected chi connectivity index (χ0v) is 16.5. The van der Waals surface area contributed by atoms with Gasteiger partial charge in [-0.3, -0.25) is 0 Å². The summed E-state index contributed by atoms with van der Waals surface area (Å²) >= 11 is 3.20. The molecule has 0 spiro atoms. The highest BCUT2D eigenvalue weighted by molar-refractivity contribution is 7.98. The molecular formula is C17H18N2O3S3. The molecule has 0 bridgehead atoms. The molecule has 0 saturated heterocycles. The van der Waals surface area contributed by atoms with E-state index in [0.29, 0.717) is 16.3 Å². The third-order valence-corrected chi connectivity index (χ3v) is 7.09. The zero-order valence-electron chi connectivity index (χ0n) is 14.1. The Labute approximate surface area is 155 Å². The van der Waals surface area contributed by atoms with E-state index in [0.717, 1.165) is 5.75 Å². The lowest BCUT2D eigenvalue weighted by Crippen LogP contribution is -2.22. The van der Waals surface area contributed by atoms with E-state index >= 15 is 0 Å². The first kappa shape index (κ1) is 18.3. The van der Waals surface area contributed by atoms with E-state index in [1.54, 1.807) is 30.0 Å².